The molecule has 2 rings (SSSR count). The van der Waals surface area contributed by atoms with Crippen molar-refractivity contribution in [2.24, 2.45) is 11.7 Å². The highest BCUT2D eigenvalue weighted by atomic mass is 32.2. The van der Waals surface area contributed by atoms with Crippen LogP contribution in [-0.4, -0.2) is 30.5 Å². The lowest BCUT2D eigenvalue weighted by atomic mass is 10.0. The Hall–Kier alpha value is -1.00. The summed E-state index contributed by atoms with van der Waals surface area (Å²) in [4.78, 5) is 14.2. The number of benzene rings is 1. The average molecular weight is 278 g/mol. The van der Waals surface area contributed by atoms with Gasteiger partial charge in [0.2, 0.25) is 5.91 Å². The van der Waals surface area contributed by atoms with Gasteiger partial charge in [-0.2, -0.15) is 11.8 Å². The number of para-hydroxylation sites is 1. The first-order chi connectivity index (χ1) is 9.22. The SMILES string of the molecule is CC(CN)CSCC(=O)N1CCCc2ccccc21. The van der Waals surface area contributed by atoms with Gasteiger partial charge >= 0.3 is 0 Å². The fraction of sp³-hybridized carbons (Fsp3) is 0.533. The summed E-state index contributed by atoms with van der Waals surface area (Å²) in [6, 6.07) is 8.23. The Morgan fingerprint density at radius 2 is 2.26 bits per heavy atom. The van der Waals surface area contributed by atoms with Gasteiger partial charge in [0.15, 0.2) is 0 Å². The van der Waals surface area contributed by atoms with Gasteiger partial charge in [0.05, 0.1) is 5.75 Å². The smallest absolute Gasteiger partial charge is 0.236 e. The molecule has 104 valence electrons. The summed E-state index contributed by atoms with van der Waals surface area (Å²) in [7, 11) is 0. The number of carbonyl (C=O) groups is 1. The van der Waals surface area contributed by atoms with E-state index in [1.807, 2.05) is 17.0 Å². The van der Waals surface area contributed by atoms with Crippen LogP contribution >= 0.6 is 11.8 Å². The van der Waals surface area contributed by atoms with Crippen molar-refractivity contribution in [2.45, 2.75) is 19.8 Å². The number of hydrogen-bond donors (Lipinski definition) is 1. The molecule has 0 radical (unpaired) electrons. The topological polar surface area (TPSA) is 46.3 Å². The maximum atomic E-state index is 12.3. The molecule has 19 heavy (non-hydrogen) atoms. The van der Waals surface area contributed by atoms with Crippen LogP contribution < -0.4 is 10.6 Å². The summed E-state index contributed by atoms with van der Waals surface area (Å²) in [6.45, 7) is 3.66. The van der Waals surface area contributed by atoms with Crippen molar-refractivity contribution in [2.75, 3.05) is 29.5 Å². The van der Waals surface area contributed by atoms with E-state index in [-0.39, 0.29) is 5.91 Å². The molecule has 1 amide bonds. The third kappa shape index (κ3) is 3.74. The summed E-state index contributed by atoms with van der Waals surface area (Å²) >= 11 is 1.69. The van der Waals surface area contributed by atoms with E-state index in [9.17, 15) is 4.79 Å². The number of carbonyl (C=O) groups excluding carboxylic acids is 1. The summed E-state index contributed by atoms with van der Waals surface area (Å²) < 4.78 is 0. The number of amides is 1. The lowest BCUT2D eigenvalue weighted by Gasteiger charge is -2.29. The third-order valence-electron chi connectivity index (χ3n) is 3.44. The van der Waals surface area contributed by atoms with Crippen LogP contribution in [0.5, 0.6) is 0 Å². The molecule has 0 aromatic heterocycles. The van der Waals surface area contributed by atoms with E-state index in [2.05, 4.69) is 19.1 Å². The molecule has 0 saturated carbocycles. The predicted molar refractivity (Wildman–Crippen MR) is 82.7 cm³/mol. The van der Waals surface area contributed by atoms with E-state index in [1.54, 1.807) is 11.8 Å². The first kappa shape index (κ1) is 14.4. The standard InChI is InChI=1S/C15H22N2OS/c1-12(9-16)10-19-11-15(18)17-8-4-6-13-5-2-3-7-14(13)17/h2-3,5,7,12H,4,6,8-11,16H2,1H3. The summed E-state index contributed by atoms with van der Waals surface area (Å²) in [5.41, 5.74) is 7.98. The van der Waals surface area contributed by atoms with Gasteiger partial charge < -0.3 is 10.6 Å². The molecule has 1 aromatic carbocycles. The molecular formula is C15H22N2OS. The lowest BCUT2D eigenvalue weighted by molar-refractivity contribution is -0.116. The second-order valence-corrected chi connectivity index (χ2v) is 6.16. The van der Waals surface area contributed by atoms with Crippen molar-refractivity contribution in [1.82, 2.24) is 0 Å². The van der Waals surface area contributed by atoms with Gasteiger partial charge in [0.25, 0.3) is 0 Å². The van der Waals surface area contributed by atoms with E-state index in [1.165, 1.54) is 5.56 Å². The van der Waals surface area contributed by atoms with Crippen LogP contribution in [0.2, 0.25) is 0 Å². The molecule has 0 saturated heterocycles. The first-order valence-electron chi connectivity index (χ1n) is 6.88. The van der Waals surface area contributed by atoms with Gasteiger partial charge in [-0.1, -0.05) is 25.1 Å². The van der Waals surface area contributed by atoms with Gasteiger partial charge in [0, 0.05) is 12.2 Å². The maximum Gasteiger partial charge on any atom is 0.236 e. The highest BCUT2D eigenvalue weighted by Crippen LogP contribution is 2.27. The molecule has 4 heteroatoms. The molecule has 0 fully saturated rings. The van der Waals surface area contributed by atoms with Gasteiger partial charge in [-0.3, -0.25) is 4.79 Å². The van der Waals surface area contributed by atoms with E-state index in [4.69, 9.17) is 5.73 Å². The zero-order chi connectivity index (χ0) is 13.7. The summed E-state index contributed by atoms with van der Waals surface area (Å²) in [5, 5.41) is 0. The molecule has 1 aliphatic heterocycles. The van der Waals surface area contributed by atoms with Gasteiger partial charge in [0.1, 0.15) is 0 Å². The van der Waals surface area contributed by atoms with Crippen LogP contribution in [-0.2, 0) is 11.2 Å². The normalized spacial score (nSPS) is 16.0. The number of rotatable bonds is 5. The first-order valence-corrected chi connectivity index (χ1v) is 8.04. The zero-order valence-electron chi connectivity index (χ0n) is 11.5. The quantitative estimate of drug-likeness (QED) is 0.899. The molecule has 0 spiro atoms. The number of thioether (sulfide) groups is 1. The molecule has 2 N–H and O–H groups in total. The second-order valence-electron chi connectivity index (χ2n) is 5.13. The van der Waals surface area contributed by atoms with Crippen LogP contribution in [0.25, 0.3) is 0 Å². The third-order valence-corrected chi connectivity index (χ3v) is 4.70. The Kier molecular flexibility index (Phi) is 5.28. The Labute approximate surface area is 119 Å². The van der Waals surface area contributed by atoms with Crippen LogP contribution in [0.3, 0.4) is 0 Å². The highest BCUT2D eigenvalue weighted by molar-refractivity contribution is 7.99. The van der Waals surface area contributed by atoms with Gasteiger partial charge in [-0.05, 0) is 42.7 Å². The largest absolute Gasteiger partial charge is 0.330 e. The van der Waals surface area contributed by atoms with Crippen molar-refractivity contribution < 1.29 is 4.79 Å². The molecule has 0 aliphatic carbocycles. The van der Waals surface area contributed by atoms with Gasteiger partial charge in [-0.25, -0.2) is 0 Å². The lowest BCUT2D eigenvalue weighted by Crippen LogP contribution is -2.36. The van der Waals surface area contributed by atoms with E-state index in [0.717, 1.165) is 30.8 Å². The number of fused-ring (bicyclic) bond motifs is 1. The Morgan fingerprint density at radius 3 is 3.05 bits per heavy atom. The minimum Gasteiger partial charge on any atom is -0.330 e. The summed E-state index contributed by atoms with van der Waals surface area (Å²) in [6.07, 6.45) is 2.14. The van der Waals surface area contributed by atoms with E-state index >= 15 is 0 Å². The van der Waals surface area contributed by atoms with Gasteiger partial charge in [-0.15, -0.1) is 0 Å². The molecular weight excluding hydrogens is 256 g/mol. The molecule has 1 aliphatic rings. The number of nitrogens with zero attached hydrogens (tertiary/aromatic N) is 1. The predicted octanol–water partition coefficient (Wildman–Crippen LogP) is 2.29. The van der Waals surface area contributed by atoms with Crippen molar-refractivity contribution in [1.29, 1.82) is 0 Å². The van der Waals surface area contributed by atoms with Crippen molar-refractivity contribution in [3.8, 4) is 0 Å². The molecule has 1 unspecified atom stereocenters. The monoisotopic (exact) mass is 278 g/mol. The fourth-order valence-electron chi connectivity index (χ4n) is 2.29. The Balaban J connectivity index is 1.93. The Morgan fingerprint density at radius 1 is 1.47 bits per heavy atom. The van der Waals surface area contributed by atoms with Crippen LogP contribution in [0.1, 0.15) is 18.9 Å². The van der Waals surface area contributed by atoms with Crippen molar-refractivity contribution in [3.05, 3.63) is 29.8 Å². The average Bonchev–Trinajstić information content (AvgIpc) is 2.46. The molecule has 1 heterocycles. The number of hydrogen-bond acceptors (Lipinski definition) is 3. The highest BCUT2D eigenvalue weighted by Gasteiger charge is 2.21. The van der Waals surface area contributed by atoms with E-state index < -0.39 is 0 Å². The van der Waals surface area contributed by atoms with E-state index in [0.29, 0.717) is 18.2 Å². The number of nitrogens with two attached hydrogens (primary N) is 1. The maximum absolute atomic E-state index is 12.3. The summed E-state index contributed by atoms with van der Waals surface area (Å²) in [5.74, 6) is 2.21. The second kappa shape index (κ2) is 6.96. The minimum atomic E-state index is 0.223. The Bertz CT molecular complexity index is 436. The number of anilines is 1. The van der Waals surface area contributed by atoms with Crippen molar-refractivity contribution >= 4 is 23.4 Å². The molecule has 0 bridgehead atoms. The number of aryl methyl sites for hydroxylation is 1. The molecule has 1 aromatic rings. The molecule has 1 atom stereocenters. The minimum absolute atomic E-state index is 0.223. The fourth-order valence-corrected chi connectivity index (χ4v) is 3.27. The van der Waals surface area contributed by atoms with Crippen LogP contribution in [0.15, 0.2) is 24.3 Å². The van der Waals surface area contributed by atoms with Crippen molar-refractivity contribution in [3.63, 3.8) is 0 Å². The van der Waals surface area contributed by atoms with Crippen LogP contribution in [0, 0.1) is 5.92 Å². The zero-order valence-corrected chi connectivity index (χ0v) is 12.3. The molecule has 3 nitrogen and oxygen atoms in total. The van der Waals surface area contributed by atoms with Crippen LogP contribution in [0.4, 0.5) is 5.69 Å².